The van der Waals surface area contributed by atoms with Crippen molar-refractivity contribution < 1.29 is 9.53 Å². The molecule has 0 aliphatic heterocycles. The molecule has 0 saturated carbocycles. The van der Waals surface area contributed by atoms with E-state index in [0.717, 1.165) is 5.69 Å². The van der Waals surface area contributed by atoms with E-state index in [2.05, 4.69) is 5.10 Å². The van der Waals surface area contributed by atoms with Gasteiger partial charge in [0.2, 0.25) is 0 Å². The summed E-state index contributed by atoms with van der Waals surface area (Å²) in [5.74, 6) is 0.364. The number of aldehydes is 1. The second-order valence-electron chi connectivity index (χ2n) is 3.97. The van der Waals surface area contributed by atoms with Crippen molar-refractivity contribution >= 4 is 29.5 Å². The SMILES string of the molecule is Cn1nccc1CCOc1c(Cl)cc(Cl)cc1C=O. The maximum absolute atomic E-state index is 11.0. The molecule has 1 aromatic heterocycles. The highest BCUT2D eigenvalue weighted by atomic mass is 35.5. The van der Waals surface area contributed by atoms with Crippen LogP contribution in [0.4, 0.5) is 0 Å². The number of ether oxygens (including phenoxy) is 1. The first kappa shape index (κ1) is 13.9. The average molecular weight is 299 g/mol. The normalized spacial score (nSPS) is 10.5. The summed E-state index contributed by atoms with van der Waals surface area (Å²) in [6, 6.07) is 4.99. The van der Waals surface area contributed by atoms with Crippen LogP contribution in [-0.2, 0) is 13.5 Å². The molecule has 2 aromatic rings. The van der Waals surface area contributed by atoms with Crippen molar-refractivity contribution in [3.05, 3.63) is 45.7 Å². The van der Waals surface area contributed by atoms with E-state index in [0.29, 0.717) is 40.7 Å². The van der Waals surface area contributed by atoms with Gasteiger partial charge < -0.3 is 4.74 Å². The van der Waals surface area contributed by atoms with E-state index >= 15 is 0 Å². The highest BCUT2D eigenvalue weighted by Gasteiger charge is 2.10. The molecule has 0 amide bonds. The van der Waals surface area contributed by atoms with Crippen LogP contribution in [0.3, 0.4) is 0 Å². The van der Waals surface area contributed by atoms with E-state index in [1.165, 1.54) is 6.07 Å². The molecule has 2 rings (SSSR count). The number of nitrogens with zero attached hydrogens (tertiary/aromatic N) is 2. The van der Waals surface area contributed by atoms with Gasteiger partial charge in [0.05, 0.1) is 17.2 Å². The molecule has 0 aliphatic rings. The standard InChI is InChI=1S/C13H12Cl2N2O2/c1-17-11(2-4-16-17)3-5-19-13-9(8-18)6-10(14)7-12(13)15/h2,4,6-8H,3,5H2,1H3. The Hall–Kier alpha value is -1.52. The monoisotopic (exact) mass is 298 g/mol. The summed E-state index contributed by atoms with van der Waals surface area (Å²) in [5, 5.41) is 4.81. The number of hydrogen-bond donors (Lipinski definition) is 0. The summed E-state index contributed by atoms with van der Waals surface area (Å²) in [6.07, 6.45) is 3.08. The van der Waals surface area contributed by atoms with Crippen LogP contribution < -0.4 is 4.74 Å². The van der Waals surface area contributed by atoms with Gasteiger partial charge >= 0.3 is 0 Å². The number of halogens is 2. The van der Waals surface area contributed by atoms with Gasteiger partial charge in [0, 0.05) is 30.4 Å². The van der Waals surface area contributed by atoms with Crippen molar-refractivity contribution in [3.8, 4) is 5.75 Å². The molecule has 0 atom stereocenters. The van der Waals surface area contributed by atoms with E-state index in [1.807, 2.05) is 13.1 Å². The largest absolute Gasteiger partial charge is 0.491 e. The molecule has 0 saturated heterocycles. The number of aromatic nitrogens is 2. The van der Waals surface area contributed by atoms with Crippen molar-refractivity contribution in [1.29, 1.82) is 0 Å². The molecule has 1 aromatic carbocycles. The van der Waals surface area contributed by atoms with Gasteiger partial charge in [-0.25, -0.2) is 0 Å². The second-order valence-corrected chi connectivity index (χ2v) is 4.81. The first-order valence-corrected chi connectivity index (χ1v) is 6.41. The predicted octanol–water partition coefficient (Wildman–Crippen LogP) is 3.16. The van der Waals surface area contributed by atoms with E-state index in [9.17, 15) is 4.79 Å². The van der Waals surface area contributed by atoms with E-state index in [1.54, 1.807) is 16.9 Å². The second kappa shape index (κ2) is 6.08. The molecule has 100 valence electrons. The Morgan fingerprint density at radius 3 is 2.84 bits per heavy atom. The zero-order valence-corrected chi connectivity index (χ0v) is 11.8. The quantitative estimate of drug-likeness (QED) is 0.797. The molecule has 19 heavy (non-hydrogen) atoms. The Labute approximate surface area is 120 Å². The molecular weight excluding hydrogens is 287 g/mol. The van der Waals surface area contributed by atoms with E-state index < -0.39 is 0 Å². The Kier molecular flexibility index (Phi) is 4.45. The number of rotatable bonds is 5. The first-order valence-electron chi connectivity index (χ1n) is 5.65. The summed E-state index contributed by atoms with van der Waals surface area (Å²) in [4.78, 5) is 11.0. The van der Waals surface area contributed by atoms with Crippen LogP contribution in [0.1, 0.15) is 16.1 Å². The third-order valence-corrected chi connectivity index (χ3v) is 3.19. The molecule has 0 unspecified atom stereocenters. The van der Waals surface area contributed by atoms with Crippen molar-refractivity contribution in [2.24, 2.45) is 7.05 Å². The third-order valence-electron chi connectivity index (χ3n) is 2.69. The fourth-order valence-electron chi connectivity index (χ4n) is 1.72. The smallest absolute Gasteiger partial charge is 0.153 e. The number of hydrogen-bond acceptors (Lipinski definition) is 3. The first-order chi connectivity index (χ1) is 9.11. The van der Waals surface area contributed by atoms with Crippen molar-refractivity contribution in [3.63, 3.8) is 0 Å². The van der Waals surface area contributed by atoms with Crippen LogP contribution in [-0.4, -0.2) is 22.7 Å². The van der Waals surface area contributed by atoms with Gasteiger partial charge in [-0.15, -0.1) is 0 Å². The molecule has 0 bridgehead atoms. The summed E-state index contributed by atoms with van der Waals surface area (Å²) < 4.78 is 7.35. The van der Waals surface area contributed by atoms with Crippen molar-refractivity contribution in [2.75, 3.05) is 6.61 Å². The molecule has 1 heterocycles. The molecule has 6 heteroatoms. The lowest BCUT2D eigenvalue weighted by molar-refractivity contribution is 0.111. The number of aryl methyl sites for hydroxylation is 1. The molecule has 4 nitrogen and oxygen atoms in total. The van der Waals surface area contributed by atoms with Crippen LogP contribution in [0.2, 0.25) is 10.0 Å². The predicted molar refractivity (Wildman–Crippen MR) is 74.3 cm³/mol. The highest BCUT2D eigenvalue weighted by Crippen LogP contribution is 2.31. The summed E-state index contributed by atoms with van der Waals surface area (Å²) >= 11 is 11.8. The van der Waals surface area contributed by atoms with Gasteiger partial charge in [0.1, 0.15) is 5.75 Å². The van der Waals surface area contributed by atoms with Gasteiger partial charge in [-0.3, -0.25) is 9.48 Å². The maximum Gasteiger partial charge on any atom is 0.153 e. The van der Waals surface area contributed by atoms with Crippen molar-refractivity contribution in [1.82, 2.24) is 9.78 Å². The fourth-order valence-corrected chi connectivity index (χ4v) is 2.29. The Bertz CT molecular complexity index is 596. The van der Waals surface area contributed by atoms with Crippen LogP contribution >= 0.6 is 23.2 Å². The van der Waals surface area contributed by atoms with Crippen LogP contribution in [0.5, 0.6) is 5.75 Å². The zero-order valence-electron chi connectivity index (χ0n) is 10.3. The Morgan fingerprint density at radius 1 is 1.42 bits per heavy atom. The maximum atomic E-state index is 11.0. The van der Waals surface area contributed by atoms with Gasteiger partial charge in [0.25, 0.3) is 0 Å². The zero-order chi connectivity index (χ0) is 13.8. The molecular formula is C13H12Cl2N2O2. The Morgan fingerprint density at radius 2 is 2.21 bits per heavy atom. The Balaban J connectivity index is 2.07. The fraction of sp³-hybridized carbons (Fsp3) is 0.231. The van der Waals surface area contributed by atoms with Gasteiger partial charge in [-0.05, 0) is 18.2 Å². The van der Waals surface area contributed by atoms with Gasteiger partial charge in [-0.1, -0.05) is 23.2 Å². The lowest BCUT2D eigenvalue weighted by Gasteiger charge is -2.10. The summed E-state index contributed by atoms with van der Waals surface area (Å²) in [6.45, 7) is 0.404. The van der Waals surface area contributed by atoms with Gasteiger partial charge in [0.15, 0.2) is 6.29 Å². The molecule has 0 radical (unpaired) electrons. The minimum absolute atomic E-state index is 0.333. The molecule has 0 aliphatic carbocycles. The summed E-state index contributed by atoms with van der Waals surface area (Å²) in [7, 11) is 1.86. The minimum atomic E-state index is 0.333. The molecule has 0 fully saturated rings. The summed E-state index contributed by atoms with van der Waals surface area (Å²) in [5.41, 5.74) is 1.39. The topological polar surface area (TPSA) is 44.1 Å². The number of carbonyl (C=O) groups excluding carboxylic acids is 1. The average Bonchev–Trinajstić information content (AvgIpc) is 2.77. The number of carbonyl (C=O) groups is 1. The van der Waals surface area contributed by atoms with Crippen molar-refractivity contribution in [2.45, 2.75) is 6.42 Å². The molecule has 0 N–H and O–H groups in total. The van der Waals surface area contributed by atoms with Crippen LogP contribution in [0.15, 0.2) is 24.4 Å². The third kappa shape index (κ3) is 3.28. The lowest BCUT2D eigenvalue weighted by atomic mass is 10.2. The van der Waals surface area contributed by atoms with Crippen LogP contribution in [0, 0.1) is 0 Å². The van der Waals surface area contributed by atoms with E-state index in [-0.39, 0.29) is 0 Å². The van der Waals surface area contributed by atoms with E-state index in [4.69, 9.17) is 27.9 Å². The van der Waals surface area contributed by atoms with Gasteiger partial charge in [-0.2, -0.15) is 5.10 Å². The number of benzene rings is 1. The molecule has 0 spiro atoms. The van der Waals surface area contributed by atoms with Crippen LogP contribution in [0.25, 0.3) is 0 Å². The minimum Gasteiger partial charge on any atom is -0.491 e. The lowest BCUT2D eigenvalue weighted by Crippen LogP contribution is -2.07. The highest BCUT2D eigenvalue weighted by molar-refractivity contribution is 6.36.